The SMILES string of the molecule is c1ccc(-c2ccc(-c3ccc4oc5ccccc5c4c3)c(-c3cc(-c4ccc5c(c4)C(c4ccccc4)(c4ccccc4)c4ccccc4-5)nc(-c4ccccc4)n3)c2)cc1. The first-order valence-corrected chi connectivity index (χ1v) is 21.1. The molecule has 0 atom stereocenters. The van der Waals surface area contributed by atoms with Gasteiger partial charge in [0, 0.05) is 27.5 Å². The van der Waals surface area contributed by atoms with Crippen LogP contribution in [0.5, 0.6) is 0 Å². The van der Waals surface area contributed by atoms with Crippen molar-refractivity contribution in [2.75, 3.05) is 0 Å². The third-order valence-corrected chi connectivity index (χ3v) is 12.6. The quantitative estimate of drug-likeness (QED) is 0.161. The molecule has 2 aromatic heterocycles. The molecule has 2 heterocycles. The summed E-state index contributed by atoms with van der Waals surface area (Å²) in [4.78, 5) is 10.8. The Labute approximate surface area is 360 Å². The Morgan fingerprint density at radius 3 is 1.63 bits per heavy atom. The average Bonchev–Trinajstić information content (AvgIpc) is 3.88. The Bertz CT molecular complexity index is 3410. The smallest absolute Gasteiger partial charge is 0.160 e. The molecular weight excluding hydrogens is 753 g/mol. The normalized spacial score (nSPS) is 12.6. The summed E-state index contributed by atoms with van der Waals surface area (Å²) < 4.78 is 6.27. The number of aromatic nitrogens is 2. The summed E-state index contributed by atoms with van der Waals surface area (Å²) in [6.07, 6.45) is 0. The first-order chi connectivity index (χ1) is 30.7. The number of benzene rings is 9. The number of para-hydroxylation sites is 1. The molecule has 9 aromatic carbocycles. The molecule has 1 aliphatic rings. The van der Waals surface area contributed by atoms with Gasteiger partial charge < -0.3 is 4.42 Å². The first-order valence-electron chi connectivity index (χ1n) is 21.1. The molecule has 0 aliphatic heterocycles. The Morgan fingerprint density at radius 2 is 0.871 bits per heavy atom. The van der Waals surface area contributed by atoms with Crippen LogP contribution in [-0.2, 0) is 5.41 Å². The number of hydrogen-bond acceptors (Lipinski definition) is 3. The third-order valence-electron chi connectivity index (χ3n) is 12.6. The molecule has 0 bridgehead atoms. The van der Waals surface area contributed by atoms with Crippen LogP contribution in [0.3, 0.4) is 0 Å². The summed E-state index contributed by atoms with van der Waals surface area (Å²) in [5, 5.41) is 2.19. The van der Waals surface area contributed by atoms with Gasteiger partial charge in [0.15, 0.2) is 5.82 Å². The van der Waals surface area contributed by atoms with Crippen LogP contribution >= 0.6 is 0 Å². The lowest BCUT2D eigenvalue weighted by Crippen LogP contribution is -2.28. The van der Waals surface area contributed by atoms with E-state index in [0.29, 0.717) is 5.82 Å². The maximum absolute atomic E-state index is 6.27. The molecule has 1 aliphatic carbocycles. The monoisotopic (exact) mass is 790 g/mol. The van der Waals surface area contributed by atoms with E-state index in [9.17, 15) is 0 Å². The molecule has 290 valence electrons. The molecule has 0 unspecified atom stereocenters. The highest BCUT2D eigenvalue weighted by Gasteiger charge is 2.46. The predicted molar refractivity (Wildman–Crippen MR) is 254 cm³/mol. The van der Waals surface area contributed by atoms with Gasteiger partial charge in [0.25, 0.3) is 0 Å². The van der Waals surface area contributed by atoms with Crippen molar-refractivity contribution in [2.24, 2.45) is 0 Å². The lowest BCUT2D eigenvalue weighted by Gasteiger charge is -2.34. The van der Waals surface area contributed by atoms with Gasteiger partial charge in [-0.1, -0.05) is 194 Å². The molecule has 0 saturated carbocycles. The van der Waals surface area contributed by atoms with E-state index >= 15 is 0 Å². The fraction of sp³-hybridized carbons (Fsp3) is 0.0169. The van der Waals surface area contributed by atoms with Crippen molar-refractivity contribution in [3.05, 3.63) is 253 Å². The van der Waals surface area contributed by atoms with E-state index in [0.717, 1.165) is 72.3 Å². The van der Waals surface area contributed by atoms with E-state index in [-0.39, 0.29) is 0 Å². The molecule has 62 heavy (non-hydrogen) atoms. The van der Waals surface area contributed by atoms with Crippen LogP contribution in [0.25, 0.3) is 89.2 Å². The molecule has 3 heteroatoms. The van der Waals surface area contributed by atoms with Crippen LogP contribution in [-0.4, -0.2) is 9.97 Å². The number of hydrogen-bond donors (Lipinski definition) is 0. The van der Waals surface area contributed by atoms with Crippen molar-refractivity contribution in [3.8, 4) is 67.3 Å². The zero-order valence-electron chi connectivity index (χ0n) is 33.7. The van der Waals surface area contributed by atoms with Crippen LogP contribution in [0.2, 0.25) is 0 Å². The van der Waals surface area contributed by atoms with Crippen molar-refractivity contribution in [2.45, 2.75) is 5.41 Å². The summed E-state index contributed by atoms with van der Waals surface area (Å²) in [6, 6.07) is 82.3. The molecule has 0 saturated heterocycles. The lowest BCUT2D eigenvalue weighted by atomic mass is 9.67. The van der Waals surface area contributed by atoms with Gasteiger partial charge in [-0.15, -0.1) is 0 Å². The second-order valence-electron chi connectivity index (χ2n) is 16.1. The largest absolute Gasteiger partial charge is 0.456 e. The molecule has 3 nitrogen and oxygen atoms in total. The van der Waals surface area contributed by atoms with Crippen LogP contribution in [0.15, 0.2) is 235 Å². The topological polar surface area (TPSA) is 38.9 Å². The molecule has 11 aromatic rings. The number of nitrogens with zero attached hydrogens (tertiary/aromatic N) is 2. The minimum absolute atomic E-state index is 0.532. The molecule has 0 fully saturated rings. The van der Waals surface area contributed by atoms with Gasteiger partial charge in [-0.05, 0) is 92.0 Å². The summed E-state index contributed by atoms with van der Waals surface area (Å²) >= 11 is 0. The second-order valence-corrected chi connectivity index (χ2v) is 16.1. The summed E-state index contributed by atoms with van der Waals surface area (Å²) in [5.74, 6) is 0.673. The van der Waals surface area contributed by atoms with Crippen LogP contribution < -0.4 is 0 Å². The van der Waals surface area contributed by atoms with Gasteiger partial charge in [-0.25, -0.2) is 9.97 Å². The average molecular weight is 791 g/mol. The van der Waals surface area contributed by atoms with Gasteiger partial charge in [0.2, 0.25) is 0 Å². The Hall–Kier alpha value is -8.14. The highest BCUT2D eigenvalue weighted by atomic mass is 16.3. The fourth-order valence-electron chi connectivity index (χ4n) is 9.76. The fourth-order valence-corrected chi connectivity index (χ4v) is 9.76. The number of rotatable bonds is 7. The highest BCUT2D eigenvalue weighted by Crippen LogP contribution is 2.56. The maximum Gasteiger partial charge on any atom is 0.160 e. The van der Waals surface area contributed by atoms with Crippen molar-refractivity contribution in [1.29, 1.82) is 0 Å². The number of fused-ring (bicyclic) bond motifs is 6. The van der Waals surface area contributed by atoms with E-state index in [2.05, 4.69) is 212 Å². The van der Waals surface area contributed by atoms with E-state index in [4.69, 9.17) is 14.4 Å². The number of furan rings is 1. The Morgan fingerprint density at radius 1 is 0.306 bits per heavy atom. The third kappa shape index (κ3) is 5.74. The molecule has 0 amide bonds. The van der Waals surface area contributed by atoms with Crippen LogP contribution in [0.4, 0.5) is 0 Å². The summed E-state index contributed by atoms with van der Waals surface area (Å²) in [7, 11) is 0. The minimum Gasteiger partial charge on any atom is -0.456 e. The van der Waals surface area contributed by atoms with E-state index in [1.54, 1.807) is 0 Å². The molecule has 0 radical (unpaired) electrons. The Balaban J connectivity index is 1.11. The van der Waals surface area contributed by atoms with Crippen LogP contribution in [0.1, 0.15) is 22.3 Å². The van der Waals surface area contributed by atoms with Crippen molar-refractivity contribution >= 4 is 21.9 Å². The maximum atomic E-state index is 6.27. The summed E-state index contributed by atoms with van der Waals surface area (Å²) in [5.41, 5.74) is 17.8. The van der Waals surface area contributed by atoms with Crippen LogP contribution in [0, 0.1) is 0 Å². The molecule has 0 N–H and O–H groups in total. The minimum atomic E-state index is -0.532. The predicted octanol–water partition coefficient (Wildman–Crippen LogP) is 15.1. The lowest BCUT2D eigenvalue weighted by molar-refractivity contribution is 0.669. The Kier molecular flexibility index (Phi) is 8.39. The van der Waals surface area contributed by atoms with Crippen molar-refractivity contribution in [1.82, 2.24) is 9.97 Å². The standard InChI is InChI=1S/C59H38N2O/c1-5-17-39(18-6-1)41-29-32-46(42-31-34-57-51(36-42)49-26-14-16-28-56(49)62-57)50(35-41)55-38-54(60-58(61-55)40-19-7-2-8-20-40)43-30-33-48-47-25-13-15-27-52(47)59(53(48)37-43,44-21-9-3-10-22-44)45-23-11-4-12-24-45/h1-38H. The highest BCUT2D eigenvalue weighted by molar-refractivity contribution is 6.07. The van der Waals surface area contributed by atoms with E-state index in [1.165, 1.54) is 33.4 Å². The van der Waals surface area contributed by atoms with Gasteiger partial charge in [0.05, 0.1) is 16.8 Å². The molecule has 12 rings (SSSR count). The van der Waals surface area contributed by atoms with Crippen molar-refractivity contribution in [3.63, 3.8) is 0 Å². The van der Waals surface area contributed by atoms with Gasteiger partial charge in [-0.3, -0.25) is 0 Å². The zero-order chi connectivity index (χ0) is 41.0. The van der Waals surface area contributed by atoms with E-state index in [1.807, 2.05) is 18.2 Å². The van der Waals surface area contributed by atoms with Crippen molar-refractivity contribution < 1.29 is 4.42 Å². The first kappa shape index (κ1) is 35.8. The van der Waals surface area contributed by atoms with Gasteiger partial charge in [0.1, 0.15) is 11.2 Å². The van der Waals surface area contributed by atoms with E-state index < -0.39 is 5.41 Å². The second kappa shape index (κ2) is 14.5. The summed E-state index contributed by atoms with van der Waals surface area (Å²) in [6.45, 7) is 0. The molecular formula is C59H38N2O. The van der Waals surface area contributed by atoms with Gasteiger partial charge in [-0.2, -0.15) is 0 Å². The zero-order valence-corrected chi connectivity index (χ0v) is 33.7. The molecule has 0 spiro atoms. The van der Waals surface area contributed by atoms with Gasteiger partial charge >= 0.3 is 0 Å².